The summed E-state index contributed by atoms with van der Waals surface area (Å²) in [6, 6.07) is 3.54. The summed E-state index contributed by atoms with van der Waals surface area (Å²) in [6.45, 7) is 4.04. The maximum Gasteiger partial charge on any atom is 0.331 e. The maximum absolute atomic E-state index is 10.9. The first kappa shape index (κ1) is 15.0. The van der Waals surface area contributed by atoms with Crippen molar-refractivity contribution in [3.05, 3.63) is 33.8 Å². The van der Waals surface area contributed by atoms with Crippen molar-refractivity contribution >= 4 is 17.6 Å². The number of nitrogens with two attached hydrogens (primary N) is 1. The van der Waals surface area contributed by atoms with Gasteiger partial charge >= 0.3 is 5.97 Å². The second-order valence-corrected chi connectivity index (χ2v) is 4.56. The van der Waals surface area contributed by atoms with Gasteiger partial charge in [-0.3, -0.25) is 0 Å². The Morgan fingerprint density at radius 2 is 2.06 bits per heavy atom. The Kier molecular flexibility index (Phi) is 5.59. The first-order valence-electron chi connectivity index (χ1n) is 5.62. The van der Waals surface area contributed by atoms with Gasteiger partial charge in [0.1, 0.15) is 6.61 Å². The number of halogens is 1. The molecule has 0 fully saturated rings. The molecule has 0 aliphatic rings. The molecule has 0 amide bonds. The Bertz CT molecular complexity index is 434. The summed E-state index contributed by atoms with van der Waals surface area (Å²) < 4.78 is 9.67. The third kappa shape index (κ3) is 3.98. The van der Waals surface area contributed by atoms with Crippen molar-refractivity contribution in [1.29, 1.82) is 0 Å². The Hall–Kier alpha value is -1.10. The SMILES string of the molecule is COC(=O)COCC(N)c1cc(C)c(Cl)cc1C. The van der Waals surface area contributed by atoms with Gasteiger partial charge in [-0.25, -0.2) is 4.79 Å². The van der Waals surface area contributed by atoms with Gasteiger partial charge in [-0.15, -0.1) is 0 Å². The first-order valence-corrected chi connectivity index (χ1v) is 6.00. The minimum Gasteiger partial charge on any atom is -0.467 e. The Morgan fingerprint density at radius 3 is 2.67 bits per heavy atom. The van der Waals surface area contributed by atoms with Gasteiger partial charge in [0.15, 0.2) is 0 Å². The highest BCUT2D eigenvalue weighted by molar-refractivity contribution is 6.31. The zero-order valence-electron chi connectivity index (χ0n) is 10.8. The summed E-state index contributed by atoms with van der Waals surface area (Å²) in [7, 11) is 1.32. The highest BCUT2D eigenvalue weighted by atomic mass is 35.5. The van der Waals surface area contributed by atoms with Gasteiger partial charge in [-0.05, 0) is 36.6 Å². The van der Waals surface area contributed by atoms with E-state index in [0.29, 0.717) is 0 Å². The van der Waals surface area contributed by atoms with Crippen molar-refractivity contribution in [3.63, 3.8) is 0 Å². The third-order valence-corrected chi connectivity index (χ3v) is 3.10. The first-order chi connectivity index (χ1) is 8.45. The molecule has 1 aromatic rings. The third-order valence-electron chi connectivity index (χ3n) is 2.69. The lowest BCUT2D eigenvalue weighted by Gasteiger charge is -2.16. The maximum atomic E-state index is 10.9. The molecule has 0 heterocycles. The molecule has 0 bridgehead atoms. The van der Waals surface area contributed by atoms with Crippen LogP contribution in [0.1, 0.15) is 22.7 Å². The molecule has 0 radical (unpaired) electrons. The number of ether oxygens (including phenoxy) is 2. The standard InChI is InChI=1S/C13H18ClNO3/c1-8-5-11(14)9(2)4-10(8)12(15)6-18-7-13(16)17-3/h4-5,12H,6-7,15H2,1-3H3. The lowest BCUT2D eigenvalue weighted by Crippen LogP contribution is -2.21. The summed E-state index contributed by atoms with van der Waals surface area (Å²) in [6.07, 6.45) is 0. The summed E-state index contributed by atoms with van der Waals surface area (Å²) >= 11 is 6.02. The van der Waals surface area contributed by atoms with Gasteiger partial charge in [-0.1, -0.05) is 17.7 Å². The van der Waals surface area contributed by atoms with Crippen LogP contribution in [0.15, 0.2) is 12.1 Å². The molecular weight excluding hydrogens is 254 g/mol. The van der Waals surface area contributed by atoms with E-state index < -0.39 is 5.97 Å². The molecule has 0 spiro atoms. The molecule has 0 saturated carbocycles. The molecule has 1 atom stereocenters. The molecule has 5 heteroatoms. The van der Waals surface area contributed by atoms with Crippen molar-refractivity contribution in [2.24, 2.45) is 5.73 Å². The summed E-state index contributed by atoms with van der Waals surface area (Å²) in [5.41, 5.74) is 8.98. The molecule has 0 saturated heterocycles. The van der Waals surface area contributed by atoms with Crippen LogP contribution in [-0.2, 0) is 14.3 Å². The Labute approximate surface area is 112 Å². The van der Waals surface area contributed by atoms with Crippen LogP contribution in [0.5, 0.6) is 0 Å². The number of methoxy groups -OCH3 is 1. The van der Waals surface area contributed by atoms with Crippen LogP contribution in [0.3, 0.4) is 0 Å². The van der Waals surface area contributed by atoms with Gasteiger partial charge in [0.2, 0.25) is 0 Å². The lowest BCUT2D eigenvalue weighted by molar-refractivity contribution is -0.146. The molecule has 0 aliphatic carbocycles. The van der Waals surface area contributed by atoms with Crippen molar-refractivity contribution in [2.75, 3.05) is 20.3 Å². The van der Waals surface area contributed by atoms with Gasteiger partial charge in [-0.2, -0.15) is 0 Å². The van der Waals surface area contributed by atoms with E-state index in [9.17, 15) is 4.79 Å². The van der Waals surface area contributed by atoms with E-state index in [-0.39, 0.29) is 19.3 Å². The fourth-order valence-electron chi connectivity index (χ4n) is 1.62. The van der Waals surface area contributed by atoms with Crippen molar-refractivity contribution in [3.8, 4) is 0 Å². The largest absolute Gasteiger partial charge is 0.467 e. The molecular formula is C13H18ClNO3. The van der Waals surface area contributed by atoms with Crippen molar-refractivity contribution in [1.82, 2.24) is 0 Å². The fourth-order valence-corrected chi connectivity index (χ4v) is 1.84. The minimum atomic E-state index is -0.411. The predicted octanol–water partition coefficient (Wildman–Crippen LogP) is 2.15. The zero-order valence-corrected chi connectivity index (χ0v) is 11.6. The van der Waals surface area contributed by atoms with Crippen LogP contribution < -0.4 is 5.73 Å². The predicted molar refractivity (Wildman–Crippen MR) is 70.7 cm³/mol. The summed E-state index contributed by atoms with van der Waals surface area (Å²) in [5, 5.41) is 0.721. The van der Waals surface area contributed by atoms with Gasteiger partial charge in [0.25, 0.3) is 0 Å². The Morgan fingerprint density at radius 1 is 1.39 bits per heavy atom. The topological polar surface area (TPSA) is 61.5 Å². The number of hydrogen-bond acceptors (Lipinski definition) is 4. The number of rotatable bonds is 5. The second-order valence-electron chi connectivity index (χ2n) is 4.16. The van der Waals surface area contributed by atoms with Crippen LogP contribution in [-0.4, -0.2) is 26.3 Å². The van der Waals surface area contributed by atoms with E-state index in [2.05, 4.69) is 4.74 Å². The van der Waals surface area contributed by atoms with E-state index in [1.165, 1.54) is 7.11 Å². The number of benzene rings is 1. The molecule has 1 aromatic carbocycles. The normalized spacial score (nSPS) is 12.3. The van der Waals surface area contributed by atoms with Crippen molar-refractivity contribution in [2.45, 2.75) is 19.9 Å². The van der Waals surface area contributed by atoms with Crippen LogP contribution >= 0.6 is 11.6 Å². The Balaban J connectivity index is 2.64. The second kappa shape index (κ2) is 6.73. The number of carbonyl (C=O) groups is 1. The molecule has 18 heavy (non-hydrogen) atoms. The number of aryl methyl sites for hydroxylation is 2. The van der Waals surface area contributed by atoms with E-state index in [0.717, 1.165) is 21.7 Å². The summed E-state index contributed by atoms with van der Waals surface area (Å²) in [5.74, 6) is -0.411. The van der Waals surface area contributed by atoms with Crippen LogP contribution in [0.4, 0.5) is 0 Å². The average molecular weight is 272 g/mol. The van der Waals surface area contributed by atoms with E-state index >= 15 is 0 Å². The highest BCUT2D eigenvalue weighted by Gasteiger charge is 2.12. The smallest absolute Gasteiger partial charge is 0.331 e. The quantitative estimate of drug-likeness (QED) is 0.834. The number of hydrogen-bond donors (Lipinski definition) is 1. The molecule has 0 aromatic heterocycles. The van der Waals surface area contributed by atoms with E-state index in [4.69, 9.17) is 22.1 Å². The van der Waals surface area contributed by atoms with Gasteiger partial charge in [0.05, 0.1) is 19.8 Å². The average Bonchev–Trinajstić information content (AvgIpc) is 2.33. The summed E-state index contributed by atoms with van der Waals surface area (Å²) in [4.78, 5) is 10.9. The van der Waals surface area contributed by atoms with Crippen LogP contribution in [0.25, 0.3) is 0 Å². The molecule has 100 valence electrons. The number of esters is 1. The molecule has 1 rings (SSSR count). The minimum absolute atomic E-state index is 0.0875. The molecule has 2 N–H and O–H groups in total. The van der Waals surface area contributed by atoms with Crippen LogP contribution in [0.2, 0.25) is 5.02 Å². The van der Waals surface area contributed by atoms with Crippen LogP contribution in [0, 0.1) is 13.8 Å². The van der Waals surface area contributed by atoms with E-state index in [1.807, 2.05) is 26.0 Å². The lowest BCUT2D eigenvalue weighted by atomic mass is 10.00. The zero-order chi connectivity index (χ0) is 13.7. The monoisotopic (exact) mass is 271 g/mol. The fraction of sp³-hybridized carbons (Fsp3) is 0.462. The van der Waals surface area contributed by atoms with E-state index in [1.54, 1.807) is 0 Å². The van der Waals surface area contributed by atoms with Gasteiger partial charge in [0, 0.05) is 5.02 Å². The highest BCUT2D eigenvalue weighted by Crippen LogP contribution is 2.24. The molecule has 4 nitrogen and oxygen atoms in total. The van der Waals surface area contributed by atoms with Crippen molar-refractivity contribution < 1.29 is 14.3 Å². The number of carbonyl (C=O) groups excluding carboxylic acids is 1. The molecule has 1 unspecified atom stereocenters. The van der Waals surface area contributed by atoms with Gasteiger partial charge < -0.3 is 15.2 Å². The molecule has 0 aliphatic heterocycles.